The van der Waals surface area contributed by atoms with Gasteiger partial charge in [-0.2, -0.15) is 0 Å². The van der Waals surface area contributed by atoms with Gasteiger partial charge in [-0.05, 0) is 0 Å². The fourth-order valence-electron chi connectivity index (χ4n) is 0.872. The van der Waals surface area contributed by atoms with Crippen molar-refractivity contribution in [1.29, 1.82) is 0 Å². The first-order valence-corrected chi connectivity index (χ1v) is 4.27. The number of carbonyl (C=O) groups is 1. The molecule has 0 aliphatic rings. The van der Waals surface area contributed by atoms with E-state index in [-0.39, 0.29) is 12.5 Å². The van der Waals surface area contributed by atoms with Crippen molar-refractivity contribution in [3.05, 3.63) is 17.5 Å². The predicted molar refractivity (Wildman–Crippen MR) is 52.3 cm³/mol. The third-order valence-electron chi connectivity index (χ3n) is 1.60. The molecule has 1 heterocycles. The van der Waals surface area contributed by atoms with Crippen LogP contribution in [0.4, 0.5) is 5.82 Å². The quantitative estimate of drug-likeness (QED) is 0.550. The van der Waals surface area contributed by atoms with Crippen molar-refractivity contribution in [2.24, 2.45) is 0 Å². The topological polar surface area (TPSA) is 55.3 Å². The summed E-state index contributed by atoms with van der Waals surface area (Å²) < 4.78 is 4.52. The number of likely N-dealkylation sites (N-methyl/N-ethyl adjacent to an activating group) is 1. The molecule has 0 fully saturated rings. The molecule has 0 aliphatic carbocycles. The first-order chi connectivity index (χ1) is 6.63. The molecule has 1 aromatic heterocycles. The maximum Gasteiger partial charge on any atom is 0.325 e. The van der Waals surface area contributed by atoms with Crippen LogP contribution in [0.5, 0.6) is 0 Å². The van der Waals surface area contributed by atoms with E-state index in [1.165, 1.54) is 13.4 Å². The Morgan fingerprint density at radius 1 is 1.64 bits per heavy atom. The Kier molecular flexibility index (Phi) is 3.64. The molecule has 0 saturated heterocycles. The lowest BCUT2D eigenvalue weighted by Gasteiger charge is -2.15. The minimum absolute atomic E-state index is 0.129. The summed E-state index contributed by atoms with van der Waals surface area (Å²) in [5.41, 5.74) is 0. The Morgan fingerprint density at radius 2 is 2.36 bits per heavy atom. The van der Waals surface area contributed by atoms with Gasteiger partial charge in [-0.25, -0.2) is 9.97 Å². The summed E-state index contributed by atoms with van der Waals surface area (Å²) in [5, 5.41) is 0.340. The average Bonchev–Trinajstić information content (AvgIpc) is 2.17. The van der Waals surface area contributed by atoms with Gasteiger partial charge in [0.25, 0.3) is 0 Å². The molecular formula is C8H10ClN3O2. The van der Waals surface area contributed by atoms with Crippen LogP contribution in [-0.4, -0.2) is 36.6 Å². The summed E-state index contributed by atoms with van der Waals surface area (Å²) in [6.07, 6.45) is 1.34. The molecule has 5 nitrogen and oxygen atoms in total. The Labute approximate surface area is 86.7 Å². The van der Waals surface area contributed by atoms with Crippen LogP contribution < -0.4 is 4.90 Å². The summed E-state index contributed by atoms with van der Waals surface area (Å²) in [7, 11) is 3.05. The molecule has 14 heavy (non-hydrogen) atoms. The van der Waals surface area contributed by atoms with Gasteiger partial charge < -0.3 is 9.64 Å². The molecule has 0 spiro atoms. The number of halogens is 1. The maximum absolute atomic E-state index is 10.9. The zero-order chi connectivity index (χ0) is 10.6. The molecule has 6 heteroatoms. The number of carbonyl (C=O) groups excluding carboxylic acids is 1. The van der Waals surface area contributed by atoms with Crippen LogP contribution in [0.25, 0.3) is 0 Å². The van der Waals surface area contributed by atoms with Gasteiger partial charge in [0.1, 0.15) is 23.8 Å². The zero-order valence-corrected chi connectivity index (χ0v) is 8.65. The van der Waals surface area contributed by atoms with Crippen molar-refractivity contribution in [3.8, 4) is 0 Å². The number of esters is 1. The molecular weight excluding hydrogens is 206 g/mol. The second kappa shape index (κ2) is 4.76. The second-order valence-corrected chi connectivity index (χ2v) is 3.02. The van der Waals surface area contributed by atoms with Gasteiger partial charge >= 0.3 is 5.97 Å². The number of anilines is 1. The van der Waals surface area contributed by atoms with Gasteiger partial charge in [0.2, 0.25) is 0 Å². The van der Waals surface area contributed by atoms with Crippen molar-refractivity contribution < 1.29 is 9.53 Å². The minimum atomic E-state index is -0.331. The average molecular weight is 216 g/mol. The molecule has 0 bridgehead atoms. The molecule has 1 rings (SSSR count). The zero-order valence-electron chi connectivity index (χ0n) is 7.90. The molecule has 0 radical (unpaired) electrons. The van der Waals surface area contributed by atoms with E-state index in [4.69, 9.17) is 11.6 Å². The van der Waals surface area contributed by atoms with Crippen molar-refractivity contribution in [2.45, 2.75) is 0 Å². The number of ether oxygens (including phenoxy) is 1. The van der Waals surface area contributed by atoms with Crippen LogP contribution in [0.2, 0.25) is 5.15 Å². The first-order valence-electron chi connectivity index (χ1n) is 3.89. The van der Waals surface area contributed by atoms with E-state index >= 15 is 0 Å². The highest BCUT2D eigenvalue weighted by Crippen LogP contribution is 2.11. The van der Waals surface area contributed by atoms with E-state index in [0.717, 1.165) is 0 Å². The van der Waals surface area contributed by atoms with E-state index < -0.39 is 0 Å². The number of hydrogen-bond acceptors (Lipinski definition) is 5. The first kappa shape index (κ1) is 10.7. The molecule has 0 unspecified atom stereocenters. The number of methoxy groups -OCH3 is 1. The lowest BCUT2D eigenvalue weighted by atomic mass is 10.5. The van der Waals surface area contributed by atoms with Crippen molar-refractivity contribution in [2.75, 3.05) is 25.6 Å². The third-order valence-corrected chi connectivity index (χ3v) is 1.81. The van der Waals surface area contributed by atoms with Gasteiger partial charge in [0.05, 0.1) is 7.11 Å². The fraction of sp³-hybridized carbons (Fsp3) is 0.375. The molecule has 76 valence electrons. The van der Waals surface area contributed by atoms with Crippen LogP contribution in [0.15, 0.2) is 12.4 Å². The largest absolute Gasteiger partial charge is 0.468 e. The summed E-state index contributed by atoms with van der Waals surface area (Å²) in [6, 6.07) is 1.57. The number of rotatable bonds is 3. The van der Waals surface area contributed by atoms with E-state index in [1.54, 1.807) is 18.0 Å². The van der Waals surface area contributed by atoms with E-state index in [2.05, 4.69) is 14.7 Å². The van der Waals surface area contributed by atoms with Gasteiger partial charge in [-0.1, -0.05) is 11.6 Å². The van der Waals surface area contributed by atoms with Gasteiger partial charge in [0, 0.05) is 13.1 Å². The molecule has 0 amide bonds. The second-order valence-electron chi connectivity index (χ2n) is 2.63. The predicted octanol–water partition coefficient (Wildman–Crippen LogP) is 0.739. The maximum atomic E-state index is 10.9. The third kappa shape index (κ3) is 2.85. The minimum Gasteiger partial charge on any atom is -0.468 e. The van der Waals surface area contributed by atoms with Gasteiger partial charge in [-0.15, -0.1) is 0 Å². The molecule has 0 aliphatic heterocycles. The van der Waals surface area contributed by atoms with Gasteiger partial charge in [-0.3, -0.25) is 4.79 Å². The Balaban J connectivity index is 2.69. The smallest absolute Gasteiger partial charge is 0.325 e. The molecule has 1 aromatic rings. The van der Waals surface area contributed by atoms with Crippen LogP contribution >= 0.6 is 11.6 Å². The van der Waals surface area contributed by atoms with Gasteiger partial charge in [0.15, 0.2) is 0 Å². The van der Waals surface area contributed by atoms with Crippen molar-refractivity contribution in [1.82, 2.24) is 9.97 Å². The van der Waals surface area contributed by atoms with Crippen LogP contribution in [-0.2, 0) is 9.53 Å². The summed E-state index contributed by atoms with van der Waals surface area (Å²) in [6.45, 7) is 0.129. The number of nitrogens with zero attached hydrogens (tertiary/aromatic N) is 3. The van der Waals surface area contributed by atoms with Crippen molar-refractivity contribution >= 4 is 23.4 Å². The molecule has 0 N–H and O–H groups in total. The van der Waals surface area contributed by atoms with E-state index in [0.29, 0.717) is 11.0 Å². The summed E-state index contributed by atoms with van der Waals surface area (Å²) in [5.74, 6) is 0.248. The summed E-state index contributed by atoms with van der Waals surface area (Å²) in [4.78, 5) is 20.2. The van der Waals surface area contributed by atoms with Crippen molar-refractivity contribution in [3.63, 3.8) is 0 Å². The van der Waals surface area contributed by atoms with E-state index in [1.807, 2.05) is 0 Å². The summed E-state index contributed by atoms with van der Waals surface area (Å²) >= 11 is 5.67. The van der Waals surface area contributed by atoms with E-state index in [9.17, 15) is 4.79 Å². The lowest BCUT2D eigenvalue weighted by molar-refractivity contribution is -0.138. The van der Waals surface area contributed by atoms with Crippen LogP contribution in [0.1, 0.15) is 0 Å². The molecule has 0 atom stereocenters. The highest BCUT2D eigenvalue weighted by molar-refractivity contribution is 6.29. The number of aromatic nitrogens is 2. The lowest BCUT2D eigenvalue weighted by Crippen LogP contribution is -2.27. The fourth-order valence-corrected chi connectivity index (χ4v) is 1.01. The highest BCUT2D eigenvalue weighted by atomic mass is 35.5. The molecule has 0 aromatic carbocycles. The van der Waals surface area contributed by atoms with Crippen LogP contribution in [0, 0.1) is 0 Å². The van der Waals surface area contributed by atoms with Crippen LogP contribution in [0.3, 0.4) is 0 Å². The monoisotopic (exact) mass is 215 g/mol. The SMILES string of the molecule is COC(=O)CN(C)c1cc(Cl)ncn1. The Hall–Kier alpha value is -1.36. The highest BCUT2D eigenvalue weighted by Gasteiger charge is 2.08. The molecule has 0 saturated carbocycles. The Morgan fingerprint density at radius 3 is 2.93 bits per heavy atom. The number of hydrogen-bond donors (Lipinski definition) is 0. The standard InChI is InChI=1S/C8H10ClN3O2/c1-12(4-8(13)14-2)7-3-6(9)10-5-11-7/h3,5H,4H2,1-2H3. The Bertz CT molecular complexity index is 332. The normalized spacial score (nSPS) is 9.64.